The van der Waals surface area contributed by atoms with Gasteiger partial charge in [0.2, 0.25) is 5.91 Å². The first-order chi connectivity index (χ1) is 9.69. The molecule has 4 nitrogen and oxygen atoms in total. The summed E-state index contributed by atoms with van der Waals surface area (Å²) in [6.07, 6.45) is 3.74. The molecule has 0 aromatic heterocycles. The lowest BCUT2D eigenvalue weighted by molar-refractivity contribution is -0.121. The largest absolute Gasteiger partial charge is 0.489 e. The lowest BCUT2D eigenvalue weighted by Gasteiger charge is -2.28. The van der Waals surface area contributed by atoms with Gasteiger partial charge in [0, 0.05) is 18.3 Å². The molecule has 1 amide bonds. The van der Waals surface area contributed by atoms with Crippen LogP contribution in [-0.2, 0) is 4.79 Å². The van der Waals surface area contributed by atoms with E-state index in [9.17, 15) is 4.79 Å². The first kappa shape index (κ1) is 14.6. The highest BCUT2D eigenvalue weighted by atomic mass is 16.5. The Kier molecular flexibility index (Phi) is 5.18. The number of nitrogens with zero attached hydrogens (tertiary/aromatic N) is 1. The lowest BCUT2D eigenvalue weighted by atomic mass is 9.97. The van der Waals surface area contributed by atoms with Crippen LogP contribution in [0.2, 0.25) is 0 Å². The average Bonchev–Trinajstić information content (AvgIpc) is 2.45. The minimum absolute atomic E-state index is 0.0755. The highest BCUT2D eigenvalue weighted by Gasteiger charge is 2.23. The summed E-state index contributed by atoms with van der Waals surface area (Å²) in [6, 6.07) is 7.47. The molecule has 1 aromatic rings. The second-order valence-electron chi connectivity index (χ2n) is 5.22. The third kappa shape index (κ3) is 4.10. The number of hydrogen-bond donors (Lipinski definition) is 1. The Morgan fingerprint density at radius 3 is 3.20 bits per heavy atom. The van der Waals surface area contributed by atoms with Crippen LogP contribution in [0.3, 0.4) is 0 Å². The number of anilines is 1. The second-order valence-corrected chi connectivity index (χ2v) is 5.22. The molecule has 0 saturated carbocycles. The van der Waals surface area contributed by atoms with E-state index in [1.807, 2.05) is 24.3 Å². The van der Waals surface area contributed by atoms with Gasteiger partial charge in [0.15, 0.2) is 0 Å². The average molecular weight is 274 g/mol. The lowest BCUT2D eigenvalue weighted by Crippen LogP contribution is -2.38. The number of rotatable bonds is 5. The highest BCUT2D eigenvalue weighted by Crippen LogP contribution is 2.20. The Labute approximate surface area is 120 Å². The van der Waals surface area contributed by atoms with Crippen LogP contribution >= 0.6 is 0 Å². The predicted molar refractivity (Wildman–Crippen MR) is 81.0 cm³/mol. The Hall–Kier alpha value is -1.81. The molecule has 108 valence electrons. The van der Waals surface area contributed by atoms with Crippen LogP contribution in [0, 0.1) is 5.92 Å². The maximum Gasteiger partial charge on any atom is 0.228 e. The zero-order valence-corrected chi connectivity index (χ0v) is 12.0. The van der Waals surface area contributed by atoms with Gasteiger partial charge in [-0.1, -0.05) is 18.7 Å². The molecule has 1 unspecified atom stereocenters. The van der Waals surface area contributed by atoms with Gasteiger partial charge < -0.3 is 15.0 Å². The fraction of sp³-hybridized carbons (Fsp3) is 0.438. The van der Waals surface area contributed by atoms with E-state index >= 15 is 0 Å². The molecule has 20 heavy (non-hydrogen) atoms. The summed E-state index contributed by atoms with van der Waals surface area (Å²) < 4.78 is 5.46. The topological polar surface area (TPSA) is 41.6 Å². The van der Waals surface area contributed by atoms with Crippen molar-refractivity contribution in [2.24, 2.45) is 5.92 Å². The Morgan fingerprint density at radius 2 is 2.45 bits per heavy atom. The SMILES string of the molecule is C=CCOc1cccc(NC(=O)C2CCCN(C)C2)c1. The number of carbonyl (C=O) groups is 1. The first-order valence-electron chi connectivity index (χ1n) is 7.02. The quantitative estimate of drug-likeness (QED) is 0.839. The number of benzene rings is 1. The van der Waals surface area contributed by atoms with Gasteiger partial charge in [-0.05, 0) is 38.6 Å². The molecule has 0 radical (unpaired) electrons. The molecule has 1 atom stereocenters. The molecule has 1 saturated heterocycles. The van der Waals surface area contributed by atoms with Crippen LogP contribution in [0.25, 0.3) is 0 Å². The third-order valence-electron chi connectivity index (χ3n) is 3.46. The monoisotopic (exact) mass is 274 g/mol. The van der Waals surface area contributed by atoms with Gasteiger partial charge in [0.1, 0.15) is 12.4 Å². The summed E-state index contributed by atoms with van der Waals surface area (Å²) in [4.78, 5) is 14.4. The van der Waals surface area contributed by atoms with Crippen molar-refractivity contribution < 1.29 is 9.53 Å². The maximum atomic E-state index is 12.2. The fourth-order valence-electron chi connectivity index (χ4n) is 2.44. The van der Waals surface area contributed by atoms with Crippen molar-refractivity contribution in [2.45, 2.75) is 12.8 Å². The number of ether oxygens (including phenoxy) is 1. The second kappa shape index (κ2) is 7.10. The van der Waals surface area contributed by atoms with E-state index in [4.69, 9.17) is 4.74 Å². The van der Waals surface area contributed by atoms with E-state index in [1.165, 1.54) is 0 Å². The van der Waals surface area contributed by atoms with E-state index in [0.717, 1.165) is 37.4 Å². The van der Waals surface area contributed by atoms with Crippen molar-refractivity contribution in [3.05, 3.63) is 36.9 Å². The number of nitrogens with one attached hydrogen (secondary N) is 1. The van der Waals surface area contributed by atoms with Gasteiger partial charge in [-0.3, -0.25) is 4.79 Å². The van der Waals surface area contributed by atoms with Gasteiger partial charge in [0.25, 0.3) is 0 Å². The molecule has 0 aliphatic carbocycles. The van der Waals surface area contributed by atoms with Crippen LogP contribution in [-0.4, -0.2) is 37.6 Å². The third-order valence-corrected chi connectivity index (χ3v) is 3.46. The summed E-state index contributed by atoms with van der Waals surface area (Å²) >= 11 is 0. The summed E-state index contributed by atoms with van der Waals surface area (Å²) in [6.45, 7) is 5.99. The van der Waals surface area contributed by atoms with E-state index in [0.29, 0.717) is 6.61 Å². The van der Waals surface area contributed by atoms with E-state index in [2.05, 4.69) is 23.8 Å². The molecule has 1 heterocycles. The molecule has 1 N–H and O–H groups in total. The molecular formula is C16H22N2O2. The first-order valence-corrected chi connectivity index (χ1v) is 7.02. The van der Waals surface area contributed by atoms with E-state index in [-0.39, 0.29) is 11.8 Å². The number of amides is 1. The number of likely N-dealkylation sites (tertiary alicyclic amines) is 1. The molecule has 1 aromatic carbocycles. The Bertz CT molecular complexity index is 473. The molecule has 4 heteroatoms. The standard InChI is InChI=1S/C16H22N2O2/c1-3-10-20-15-8-4-7-14(11-15)17-16(19)13-6-5-9-18(2)12-13/h3-4,7-8,11,13H,1,5-6,9-10,12H2,2H3,(H,17,19). The number of carbonyl (C=O) groups excluding carboxylic acids is 1. The predicted octanol–water partition coefficient (Wildman–Crippen LogP) is 2.53. The number of hydrogen-bond acceptors (Lipinski definition) is 3. The van der Waals surface area contributed by atoms with Gasteiger partial charge in [-0.25, -0.2) is 0 Å². The highest BCUT2D eigenvalue weighted by molar-refractivity contribution is 5.92. The van der Waals surface area contributed by atoms with Crippen molar-refractivity contribution in [3.63, 3.8) is 0 Å². The van der Waals surface area contributed by atoms with Crippen molar-refractivity contribution in [1.29, 1.82) is 0 Å². The molecule has 0 spiro atoms. The maximum absolute atomic E-state index is 12.2. The Morgan fingerprint density at radius 1 is 1.60 bits per heavy atom. The molecule has 2 rings (SSSR count). The minimum atomic E-state index is 0.0755. The zero-order chi connectivity index (χ0) is 14.4. The van der Waals surface area contributed by atoms with Crippen LogP contribution in [0.1, 0.15) is 12.8 Å². The van der Waals surface area contributed by atoms with Crippen molar-refractivity contribution in [1.82, 2.24) is 4.90 Å². The van der Waals surface area contributed by atoms with Crippen LogP contribution in [0.4, 0.5) is 5.69 Å². The summed E-state index contributed by atoms with van der Waals surface area (Å²) in [5, 5.41) is 2.98. The molecule has 0 bridgehead atoms. The summed E-state index contributed by atoms with van der Waals surface area (Å²) in [5.41, 5.74) is 0.782. The fourth-order valence-corrected chi connectivity index (χ4v) is 2.44. The molecule has 1 aliphatic heterocycles. The normalized spacial score (nSPS) is 19.4. The van der Waals surface area contributed by atoms with Crippen LogP contribution in [0.15, 0.2) is 36.9 Å². The number of piperidine rings is 1. The Balaban J connectivity index is 1.94. The van der Waals surface area contributed by atoms with Crippen LogP contribution < -0.4 is 10.1 Å². The van der Waals surface area contributed by atoms with Crippen LogP contribution in [0.5, 0.6) is 5.75 Å². The zero-order valence-electron chi connectivity index (χ0n) is 12.0. The van der Waals surface area contributed by atoms with E-state index < -0.39 is 0 Å². The van der Waals surface area contributed by atoms with Crippen molar-refractivity contribution in [2.75, 3.05) is 32.1 Å². The summed E-state index contributed by atoms with van der Waals surface area (Å²) in [5.74, 6) is 0.910. The van der Waals surface area contributed by atoms with Gasteiger partial charge in [-0.2, -0.15) is 0 Å². The van der Waals surface area contributed by atoms with Crippen molar-refractivity contribution in [3.8, 4) is 5.75 Å². The van der Waals surface area contributed by atoms with Gasteiger partial charge >= 0.3 is 0 Å². The summed E-state index contributed by atoms with van der Waals surface area (Å²) in [7, 11) is 2.06. The van der Waals surface area contributed by atoms with E-state index in [1.54, 1.807) is 6.08 Å². The van der Waals surface area contributed by atoms with Crippen molar-refractivity contribution >= 4 is 11.6 Å². The minimum Gasteiger partial charge on any atom is -0.489 e. The molecule has 1 aliphatic rings. The smallest absolute Gasteiger partial charge is 0.228 e. The molecular weight excluding hydrogens is 252 g/mol. The molecule has 1 fully saturated rings. The van der Waals surface area contributed by atoms with Gasteiger partial charge in [-0.15, -0.1) is 0 Å². The van der Waals surface area contributed by atoms with Gasteiger partial charge in [0.05, 0.1) is 5.92 Å².